The van der Waals surface area contributed by atoms with E-state index in [0.717, 1.165) is 51.6 Å². The number of anilines is 1. The number of fused-ring (bicyclic) bond motifs is 3. The molecule has 1 aliphatic carbocycles. The SMILES string of the molecule is O=C(C1CC1)N1CCCCCCCCCC[C@H]2CC[C@@H]1CN(c1nc(Cl)ncc1F)C2. The highest BCUT2D eigenvalue weighted by Gasteiger charge is 2.38. The van der Waals surface area contributed by atoms with Gasteiger partial charge in [-0.25, -0.2) is 9.37 Å². The second-order valence-electron chi connectivity index (χ2n) is 9.74. The molecule has 2 atom stereocenters. The minimum atomic E-state index is -0.432. The fourth-order valence-electron chi connectivity index (χ4n) is 5.29. The summed E-state index contributed by atoms with van der Waals surface area (Å²) in [7, 11) is 0. The average molecular weight is 451 g/mol. The predicted molar refractivity (Wildman–Crippen MR) is 122 cm³/mol. The Morgan fingerprint density at radius 3 is 2.39 bits per heavy atom. The monoisotopic (exact) mass is 450 g/mol. The van der Waals surface area contributed by atoms with Crippen LogP contribution in [0, 0.1) is 17.7 Å². The van der Waals surface area contributed by atoms with Crippen LogP contribution in [0.5, 0.6) is 0 Å². The maximum atomic E-state index is 14.7. The van der Waals surface area contributed by atoms with E-state index in [1.807, 2.05) is 4.90 Å². The predicted octanol–water partition coefficient (Wildman–Crippen LogP) is 5.62. The molecule has 1 saturated carbocycles. The normalized spacial score (nSPS) is 26.8. The first-order chi connectivity index (χ1) is 15.1. The van der Waals surface area contributed by atoms with Gasteiger partial charge in [-0.05, 0) is 56.0 Å². The van der Waals surface area contributed by atoms with E-state index in [1.165, 1.54) is 51.1 Å². The third-order valence-electron chi connectivity index (χ3n) is 7.23. The molecule has 7 heteroatoms. The number of carbonyl (C=O) groups is 1. The summed E-state index contributed by atoms with van der Waals surface area (Å²) in [6.07, 6.45) is 16.4. The Labute approximate surface area is 190 Å². The molecular weight excluding hydrogens is 415 g/mol. The van der Waals surface area contributed by atoms with Gasteiger partial charge in [-0.3, -0.25) is 4.79 Å². The van der Waals surface area contributed by atoms with Gasteiger partial charge in [0.2, 0.25) is 11.2 Å². The highest BCUT2D eigenvalue weighted by Crippen LogP contribution is 2.34. The van der Waals surface area contributed by atoms with E-state index in [1.54, 1.807) is 0 Å². The molecule has 172 valence electrons. The minimum Gasteiger partial charge on any atom is -0.352 e. The Kier molecular flexibility index (Phi) is 8.02. The molecule has 31 heavy (non-hydrogen) atoms. The number of hydrogen-bond acceptors (Lipinski definition) is 4. The minimum absolute atomic E-state index is 0.0711. The van der Waals surface area contributed by atoms with E-state index in [0.29, 0.717) is 18.4 Å². The number of hydrogen-bond donors (Lipinski definition) is 0. The largest absolute Gasteiger partial charge is 0.352 e. The summed E-state index contributed by atoms with van der Waals surface area (Å²) in [6.45, 7) is 2.22. The molecule has 0 unspecified atom stereocenters. The molecule has 4 rings (SSSR count). The van der Waals surface area contributed by atoms with E-state index in [9.17, 15) is 9.18 Å². The van der Waals surface area contributed by atoms with Gasteiger partial charge in [0.05, 0.1) is 6.20 Å². The van der Waals surface area contributed by atoms with Crippen molar-refractivity contribution in [3.05, 3.63) is 17.3 Å². The van der Waals surface area contributed by atoms with Crippen molar-refractivity contribution in [3.8, 4) is 0 Å². The average Bonchev–Trinajstić information content (AvgIpc) is 3.60. The number of rotatable bonds is 2. The Morgan fingerprint density at radius 2 is 1.65 bits per heavy atom. The zero-order valence-corrected chi connectivity index (χ0v) is 19.3. The summed E-state index contributed by atoms with van der Waals surface area (Å²) >= 11 is 6.03. The third kappa shape index (κ3) is 6.30. The van der Waals surface area contributed by atoms with Gasteiger partial charge in [-0.1, -0.05) is 44.9 Å². The molecule has 3 heterocycles. The number of aromatic nitrogens is 2. The lowest BCUT2D eigenvalue weighted by atomic mass is 9.94. The number of halogens is 2. The molecule has 0 aromatic carbocycles. The lowest BCUT2D eigenvalue weighted by molar-refractivity contribution is -0.135. The van der Waals surface area contributed by atoms with Gasteiger partial charge >= 0.3 is 0 Å². The van der Waals surface area contributed by atoms with Crippen LogP contribution in [0.2, 0.25) is 5.28 Å². The summed E-state index contributed by atoms with van der Waals surface area (Å²) < 4.78 is 14.7. The van der Waals surface area contributed by atoms with Crippen molar-refractivity contribution in [2.45, 2.75) is 89.5 Å². The lowest BCUT2D eigenvalue weighted by Gasteiger charge is -2.35. The molecule has 2 aliphatic heterocycles. The van der Waals surface area contributed by atoms with Gasteiger partial charge in [0.1, 0.15) is 0 Å². The highest BCUT2D eigenvalue weighted by atomic mass is 35.5. The van der Waals surface area contributed by atoms with Crippen LogP contribution in [-0.4, -0.2) is 46.5 Å². The Bertz CT molecular complexity index is 744. The molecule has 3 fully saturated rings. The Hall–Kier alpha value is -1.43. The first-order valence-corrected chi connectivity index (χ1v) is 12.7. The van der Waals surface area contributed by atoms with Gasteiger partial charge in [0.15, 0.2) is 11.6 Å². The van der Waals surface area contributed by atoms with Crippen molar-refractivity contribution in [3.63, 3.8) is 0 Å². The Balaban J connectivity index is 1.59. The number of carbonyl (C=O) groups excluding carboxylic acids is 1. The molecule has 0 N–H and O–H groups in total. The Morgan fingerprint density at radius 1 is 0.935 bits per heavy atom. The third-order valence-corrected chi connectivity index (χ3v) is 7.41. The molecule has 2 saturated heterocycles. The number of nitrogens with zero attached hydrogens (tertiary/aromatic N) is 4. The van der Waals surface area contributed by atoms with Crippen LogP contribution in [0.1, 0.15) is 83.5 Å². The van der Waals surface area contributed by atoms with E-state index in [-0.39, 0.29) is 23.1 Å². The van der Waals surface area contributed by atoms with Crippen LogP contribution >= 0.6 is 11.6 Å². The second kappa shape index (κ2) is 10.9. The van der Waals surface area contributed by atoms with Crippen LogP contribution in [0.25, 0.3) is 0 Å². The summed E-state index contributed by atoms with van der Waals surface area (Å²) in [5.74, 6) is 0.866. The standard InChI is InChI=1S/C24H36ClFN4O/c25-24-27-15-21(26)22(28-24)29-16-18-9-7-5-3-1-2-4-6-8-14-30(20(17-29)13-10-18)23(31)19-11-12-19/h15,18-20H,1-14,16-17H2/t18-,20+/m0/s1. The van der Waals surface area contributed by atoms with Crippen molar-refractivity contribution in [2.24, 2.45) is 11.8 Å². The smallest absolute Gasteiger partial charge is 0.225 e. The van der Waals surface area contributed by atoms with Crippen molar-refractivity contribution in [1.29, 1.82) is 0 Å². The van der Waals surface area contributed by atoms with Crippen LogP contribution in [0.4, 0.5) is 10.2 Å². The van der Waals surface area contributed by atoms with Crippen molar-refractivity contribution in [1.82, 2.24) is 14.9 Å². The molecule has 0 spiro atoms. The lowest BCUT2D eigenvalue weighted by Crippen LogP contribution is -2.47. The zero-order valence-electron chi connectivity index (χ0n) is 18.6. The van der Waals surface area contributed by atoms with Gasteiger partial charge in [-0.15, -0.1) is 0 Å². The van der Waals surface area contributed by atoms with E-state index in [4.69, 9.17) is 11.6 Å². The van der Waals surface area contributed by atoms with Crippen molar-refractivity contribution in [2.75, 3.05) is 24.5 Å². The van der Waals surface area contributed by atoms with Gasteiger partial charge < -0.3 is 9.80 Å². The highest BCUT2D eigenvalue weighted by molar-refractivity contribution is 6.28. The summed E-state index contributed by atoms with van der Waals surface area (Å²) in [4.78, 5) is 25.4. The zero-order chi connectivity index (χ0) is 21.6. The van der Waals surface area contributed by atoms with Gasteiger partial charge in [-0.2, -0.15) is 4.98 Å². The van der Waals surface area contributed by atoms with Crippen molar-refractivity contribution >= 4 is 23.3 Å². The molecule has 5 nitrogen and oxygen atoms in total. The molecule has 1 aromatic rings. The molecule has 3 aliphatic rings. The molecule has 0 radical (unpaired) electrons. The molecule has 1 amide bonds. The van der Waals surface area contributed by atoms with Crippen LogP contribution in [-0.2, 0) is 4.79 Å². The maximum absolute atomic E-state index is 14.7. The van der Waals surface area contributed by atoms with Crippen LogP contribution < -0.4 is 4.90 Å². The van der Waals surface area contributed by atoms with Crippen molar-refractivity contribution < 1.29 is 9.18 Å². The molecular formula is C24H36ClFN4O. The van der Waals surface area contributed by atoms with E-state index < -0.39 is 5.82 Å². The fourth-order valence-corrected chi connectivity index (χ4v) is 5.42. The molecule has 1 aromatic heterocycles. The first kappa shape index (κ1) is 22.8. The van der Waals surface area contributed by atoms with Crippen LogP contribution in [0.3, 0.4) is 0 Å². The van der Waals surface area contributed by atoms with Gasteiger partial charge in [0.25, 0.3) is 0 Å². The van der Waals surface area contributed by atoms with E-state index in [2.05, 4.69) is 14.9 Å². The second-order valence-corrected chi connectivity index (χ2v) is 10.1. The van der Waals surface area contributed by atoms with Gasteiger partial charge in [0, 0.05) is 31.6 Å². The first-order valence-electron chi connectivity index (χ1n) is 12.4. The molecule has 2 bridgehead atoms. The quantitative estimate of drug-likeness (QED) is 0.549. The summed E-state index contributed by atoms with van der Waals surface area (Å²) in [6, 6.07) is 0.108. The topological polar surface area (TPSA) is 49.3 Å². The van der Waals surface area contributed by atoms with Crippen LogP contribution in [0.15, 0.2) is 6.20 Å². The number of amides is 1. The summed E-state index contributed by atoms with van der Waals surface area (Å²) in [5, 5.41) is 0.0711. The fraction of sp³-hybridized carbons (Fsp3) is 0.792. The summed E-state index contributed by atoms with van der Waals surface area (Å²) in [5.41, 5.74) is 0. The maximum Gasteiger partial charge on any atom is 0.225 e. The van der Waals surface area contributed by atoms with E-state index >= 15 is 0 Å².